The van der Waals surface area contributed by atoms with Crippen LogP contribution in [0.4, 0.5) is 11.4 Å². The predicted octanol–water partition coefficient (Wildman–Crippen LogP) is 5.35. The number of hydrogen-bond acceptors (Lipinski definition) is 3. The van der Waals surface area contributed by atoms with E-state index in [1.807, 2.05) is 43.3 Å². The van der Waals surface area contributed by atoms with Gasteiger partial charge in [0.25, 0.3) is 0 Å². The molecule has 4 aromatic rings. The zero-order chi connectivity index (χ0) is 15.1. The number of aromatic amines is 1. The summed E-state index contributed by atoms with van der Waals surface area (Å²) in [5.41, 5.74) is 6.02. The van der Waals surface area contributed by atoms with Crippen molar-refractivity contribution in [2.75, 3.05) is 5.32 Å². The van der Waals surface area contributed by atoms with Crippen LogP contribution in [0, 0.1) is 6.92 Å². The number of fused-ring (bicyclic) bond motifs is 3. The molecule has 6 heteroatoms. The van der Waals surface area contributed by atoms with Crippen LogP contribution in [0.1, 0.15) is 5.69 Å². The summed E-state index contributed by atoms with van der Waals surface area (Å²) in [6, 6.07) is 14.3. The number of anilines is 2. The molecule has 23 heavy (non-hydrogen) atoms. The van der Waals surface area contributed by atoms with Crippen LogP contribution in [0.25, 0.3) is 21.9 Å². The molecule has 0 bridgehead atoms. The molecule has 0 saturated heterocycles. The number of nitrogens with zero attached hydrogens (tertiary/aromatic N) is 2. The summed E-state index contributed by atoms with van der Waals surface area (Å²) >= 11 is 3.46. The molecule has 0 saturated carbocycles. The second-order valence-electron chi connectivity index (χ2n) is 5.23. The topological polar surface area (TPSA) is 53.6 Å². The van der Waals surface area contributed by atoms with Crippen molar-refractivity contribution >= 4 is 61.6 Å². The van der Waals surface area contributed by atoms with Gasteiger partial charge in [-0.2, -0.15) is 0 Å². The van der Waals surface area contributed by atoms with E-state index in [9.17, 15) is 0 Å². The van der Waals surface area contributed by atoms with E-state index in [0.717, 1.165) is 43.5 Å². The Bertz CT molecular complexity index is 979. The van der Waals surface area contributed by atoms with Crippen molar-refractivity contribution in [1.82, 2.24) is 15.0 Å². The Kier molecular flexibility index (Phi) is 4.24. The van der Waals surface area contributed by atoms with Crippen molar-refractivity contribution in [1.29, 1.82) is 0 Å². The van der Waals surface area contributed by atoms with E-state index in [1.165, 1.54) is 0 Å². The molecule has 0 atom stereocenters. The maximum atomic E-state index is 4.41. The lowest BCUT2D eigenvalue weighted by Crippen LogP contribution is -1.95. The van der Waals surface area contributed by atoms with Crippen molar-refractivity contribution in [2.24, 2.45) is 0 Å². The average molecular weight is 390 g/mol. The summed E-state index contributed by atoms with van der Waals surface area (Å²) in [5, 5.41) is 4.55. The fourth-order valence-corrected chi connectivity index (χ4v) is 2.93. The molecule has 0 fully saturated rings. The first kappa shape index (κ1) is 15.8. The van der Waals surface area contributed by atoms with Gasteiger partial charge in [0.15, 0.2) is 0 Å². The van der Waals surface area contributed by atoms with Gasteiger partial charge in [0.1, 0.15) is 11.8 Å². The highest BCUT2D eigenvalue weighted by molar-refractivity contribution is 9.10. The van der Waals surface area contributed by atoms with E-state index < -0.39 is 0 Å². The van der Waals surface area contributed by atoms with Gasteiger partial charge in [0, 0.05) is 26.8 Å². The highest BCUT2D eigenvalue weighted by atomic mass is 79.9. The van der Waals surface area contributed by atoms with E-state index in [-0.39, 0.29) is 12.4 Å². The van der Waals surface area contributed by atoms with Gasteiger partial charge in [0.05, 0.1) is 11.2 Å². The number of hydrogen-bond donors (Lipinski definition) is 2. The molecule has 4 rings (SSSR count). The minimum Gasteiger partial charge on any atom is -0.358 e. The quantitative estimate of drug-likeness (QED) is 0.486. The zero-order valence-corrected chi connectivity index (χ0v) is 14.7. The number of aromatic nitrogens is 3. The maximum Gasteiger partial charge on any atom is 0.116 e. The van der Waals surface area contributed by atoms with Gasteiger partial charge in [-0.3, -0.25) is 0 Å². The van der Waals surface area contributed by atoms with Gasteiger partial charge in [-0.25, -0.2) is 9.97 Å². The van der Waals surface area contributed by atoms with Crippen LogP contribution in [-0.4, -0.2) is 15.0 Å². The lowest BCUT2D eigenvalue weighted by molar-refractivity contribution is 1.26. The largest absolute Gasteiger partial charge is 0.358 e. The highest BCUT2D eigenvalue weighted by Gasteiger charge is 2.10. The molecule has 2 N–H and O–H groups in total. The van der Waals surface area contributed by atoms with Crippen molar-refractivity contribution in [3.8, 4) is 0 Å². The molecule has 2 aromatic carbocycles. The van der Waals surface area contributed by atoms with Crippen LogP contribution in [0.15, 0.2) is 53.3 Å². The first-order valence-corrected chi connectivity index (χ1v) is 7.75. The SMILES string of the molecule is Cc1cc(Nc2ccc(Br)cc2)c2c(ccc3ncnc32)[nH]1.Cl. The van der Waals surface area contributed by atoms with Gasteiger partial charge in [-0.05, 0) is 49.4 Å². The van der Waals surface area contributed by atoms with Crippen LogP contribution in [0.5, 0.6) is 0 Å². The Morgan fingerprint density at radius 1 is 1.04 bits per heavy atom. The van der Waals surface area contributed by atoms with Crippen molar-refractivity contribution < 1.29 is 0 Å². The molecule has 0 aliphatic carbocycles. The number of aryl methyl sites for hydroxylation is 1. The van der Waals surface area contributed by atoms with Crippen molar-refractivity contribution in [3.05, 3.63) is 59.0 Å². The van der Waals surface area contributed by atoms with Crippen LogP contribution in [0.3, 0.4) is 0 Å². The predicted molar refractivity (Wildman–Crippen MR) is 101 cm³/mol. The number of pyridine rings is 1. The summed E-state index contributed by atoms with van der Waals surface area (Å²) in [7, 11) is 0. The van der Waals surface area contributed by atoms with Crippen LogP contribution < -0.4 is 5.32 Å². The third-order valence-electron chi connectivity index (χ3n) is 3.63. The fourth-order valence-electron chi connectivity index (χ4n) is 2.67. The molecule has 2 heterocycles. The molecule has 0 spiro atoms. The van der Waals surface area contributed by atoms with E-state index in [2.05, 4.69) is 42.3 Å². The van der Waals surface area contributed by atoms with Crippen LogP contribution >= 0.6 is 28.3 Å². The molecular formula is C17H14BrClN4. The number of imidazole rings is 1. The normalized spacial score (nSPS) is 10.7. The monoisotopic (exact) mass is 388 g/mol. The minimum absolute atomic E-state index is 0. The smallest absolute Gasteiger partial charge is 0.116 e. The van der Waals surface area contributed by atoms with Gasteiger partial charge in [-0.1, -0.05) is 15.9 Å². The Hall–Kier alpha value is -2.11. The van der Waals surface area contributed by atoms with Gasteiger partial charge < -0.3 is 10.3 Å². The summed E-state index contributed by atoms with van der Waals surface area (Å²) in [6.07, 6.45) is 1.60. The maximum absolute atomic E-state index is 4.41. The van der Waals surface area contributed by atoms with Crippen LogP contribution in [0.2, 0.25) is 0 Å². The summed E-state index contributed by atoms with van der Waals surface area (Å²) in [5.74, 6) is 0. The van der Waals surface area contributed by atoms with Gasteiger partial charge >= 0.3 is 0 Å². The summed E-state index contributed by atoms with van der Waals surface area (Å²) in [6.45, 7) is 2.05. The number of H-pyrrole nitrogens is 1. The third-order valence-corrected chi connectivity index (χ3v) is 4.15. The average Bonchev–Trinajstić information content (AvgIpc) is 2.97. The van der Waals surface area contributed by atoms with Crippen molar-refractivity contribution in [3.63, 3.8) is 0 Å². The first-order chi connectivity index (χ1) is 10.7. The fraction of sp³-hybridized carbons (Fsp3) is 0.0588. The van der Waals surface area contributed by atoms with E-state index in [1.54, 1.807) is 6.33 Å². The summed E-state index contributed by atoms with van der Waals surface area (Å²) in [4.78, 5) is 12.1. The molecule has 0 radical (unpaired) electrons. The van der Waals surface area contributed by atoms with Crippen molar-refractivity contribution in [2.45, 2.75) is 6.92 Å². The zero-order valence-electron chi connectivity index (χ0n) is 12.3. The van der Waals surface area contributed by atoms with Crippen LogP contribution in [-0.2, 0) is 0 Å². The number of nitrogens with one attached hydrogen (secondary N) is 2. The second kappa shape index (κ2) is 6.18. The molecule has 0 unspecified atom stereocenters. The first-order valence-electron chi connectivity index (χ1n) is 6.96. The Balaban J connectivity index is 0.00000156. The number of rotatable bonds is 2. The van der Waals surface area contributed by atoms with Gasteiger partial charge in [-0.15, -0.1) is 12.4 Å². The Labute approximate surface area is 147 Å². The number of halogens is 2. The lowest BCUT2D eigenvalue weighted by Gasteiger charge is -2.12. The number of benzene rings is 2. The molecule has 0 aliphatic heterocycles. The lowest BCUT2D eigenvalue weighted by atomic mass is 10.1. The molecular weight excluding hydrogens is 376 g/mol. The molecule has 4 nitrogen and oxygen atoms in total. The molecule has 0 amide bonds. The Morgan fingerprint density at radius 2 is 1.83 bits per heavy atom. The van der Waals surface area contributed by atoms with E-state index in [4.69, 9.17) is 0 Å². The second-order valence-corrected chi connectivity index (χ2v) is 6.14. The standard InChI is InChI=1S/C17H13BrN4.ClH/c1-10-8-15(22-12-4-2-11(18)3-5-12)16-13(21-10)6-7-14-17(16)20-9-19-14;/h2-9,21-22H,1H3;1H. The summed E-state index contributed by atoms with van der Waals surface area (Å²) < 4.78 is 1.06. The highest BCUT2D eigenvalue weighted by Crippen LogP contribution is 2.31. The van der Waals surface area contributed by atoms with E-state index >= 15 is 0 Å². The molecule has 0 aliphatic rings. The minimum atomic E-state index is 0. The third kappa shape index (κ3) is 2.90. The Morgan fingerprint density at radius 3 is 2.61 bits per heavy atom. The molecule has 116 valence electrons. The van der Waals surface area contributed by atoms with E-state index in [0.29, 0.717) is 0 Å². The molecule has 2 aromatic heterocycles. The van der Waals surface area contributed by atoms with Gasteiger partial charge in [0.2, 0.25) is 0 Å².